The van der Waals surface area contributed by atoms with E-state index in [9.17, 15) is 4.79 Å². The first-order chi connectivity index (χ1) is 6.96. The fourth-order valence-corrected chi connectivity index (χ4v) is 2.23. The zero-order chi connectivity index (χ0) is 11.3. The minimum absolute atomic E-state index is 0.0478. The second kappa shape index (κ2) is 3.25. The number of carbonyl (C=O) groups excluding carboxylic acids is 1. The Kier molecular flexibility index (Phi) is 2.38. The van der Waals surface area contributed by atoms with Crippen molar-refractivity contribution in [1.82, 2.24) is 0 Å². The Morgan fingerprint density at radius 3 is 2.80 bits per heavy atom. The van der Waals surface area contributed by atoms with Gasteiger partial charge in [0.05, 0.1) is 6.10 Å². The average molecular weight is 216 g/mol. The van der Waals surface area contributed by atoms with Gasteiger partial charge in [0.25, 0.3) is 0 Å². The summed E-state index contributed by atoms with van der Waals surface area (Å²) in [5.41, 5.74) is -0.583. The molecule has 2 rings (SSSR count). The number of Topliss-reactive ketones (excluding diaryl/α,β-unsaturated/α-hetero) is 1. The van der Waals surface area contributed by atoms with Crippen molar-refractivity contribution in [3.8, 4) is 0 Å². The van der Waals surface area contributed by atoms with Crippen LogP contribution in [0.25, 0.3) is 0 Å². The summed E-state index contributed by atoms with van der Waals surface area (Å²) in [5, 5.41) is 8.81. The van der Waals surface area contributed by atoms with E-state index >= 15 is 0 Å². The van der Waals surface area contributed by atoms with Crippen LogP contribution in [-0.4, -0.2) is 35.6 Å². The molecule has 0 amide bonds. The van der Waals surface area contributed by atoms with E-state index < -0.39 is 11.4 Å². The molecule has 4 atom stereocenters. The number of hydrogen-bond acceptors (Lipinski definition) is 5. The van der Waals surface area contributed by atoms with Crippen molar-refractivity contribution in [2.45, 2.75) is 44.2 Å². The maximum atomic E-state index is 11.7. The van der Waals surface area contributed by atoms with Crippen LogP contribution in [0.5, 0.6) is 0 Å². The molecule has 0 aromatic rings. The van der Waals surface area contributed by atoms with Crippen molar-refractivity contribution in [1.29, 1.82) is 0 Å². The molecule has 5 heteroatoms. The Bertz CT molecular complexity index is 286. The lowest BCUT2D eigenvalue weighted by Crippen LogP contribution is -2.45. The van der Waals surface area contributed by atoms with Crippen LogP contribution in [0.3, 0.4) is 0 Å². The molecule has 2 aliphatic rings. The largest absolute Gasteiger partial charge is 0.358 e. The fourth-order valence-electron chi connectivity index (χ4n) is 2.23. The molecule has 1 heterocycles. The number of methoxy groups -OCH3 is 1. The van der Waals surface area contributed by atoms with Gasteiger partial charge in [0.15, 0.2) is 5.78 Å². The number of carbonyl (C=O) groups is 1. The molecule has 86 valence electrons. The quantitative estimate of drug-likeness (QED) is 0.329. The molecule has 0 radical (unpaired) electrons. The van der Waals surface area contributed by atoms with Gasteiger partial charge >= 0.3 is 0 Å². The number of epoxide rings is 1. The second-order valence-electron chi connectivity index (χ2n) is 4.58. The third-order valence-corrected chi connectivity index (χ3v) is 3.76. The van der Waals surface area contributed by atoms with E-state index in [-0.39, 0.29) is 17.8 Å². The zero-order valence-electron chi connectivity index (χ0n) is 9.15. The van der Waals surface area contributed by atoms with Crippen LogP contribution >= 0.6 is 0 Å². The molecule has 0 aromatic heterocycles. The molecular formula is C10H16O5. The molecule has 0 spiro atoms. The molecule has 1 saturated heterocycles. The van der Waals surface area contributed by atoms with E-state index in [2.05, 4.69) is 4.89 Å². The lowest BCUT2D eigenvalue weighted by Gasteiger charge is -2.34. The van der Waals surface area contributed by atoms with Crippen molar-refractivity contribution in [2.24, 2.45) is 5.92 Å². The van der Waals surface area contributed by atoms with Gasteiger partial charge in [-0.25, -0.2) is 10.1 Å². The molecule has 4 unspecified atom stereocenters. The van der Waals surface area contributed by atoms with Gasteiger partial charge < -0.3 is 9.47 Å². The Morgan fingerprint density at radius 1 is 1.67 bits per heavy atom. The molecular weight excluding hydrogens is 200 g/mol. The third-order valence-electron chi connectivity index (χ3n) is 3.76. The topological polar surface area (TPSA) is 68.3 Å². The van der Waals surface area contributed by atoms with Gasteiger partial charge in [-0.1, -0.05) is 0 Å². The molecule has 1 aliphatic heterocycles. The first kappa shape index (κ1) is 11.0. The highest BCUT2D eigenvalue weighted by Gasteiger charge is 2.63. The van der Waals surface area contributed by atoms with Crippen molar-refractivity contribution in [3.05, 3.63) is 0 Å². The summed E-state index contributed by atoms with van der Waals surface area (Å²) < 4.78 is 10.4. The van der Waals surface area contributed by atoms with E-state index in [4.69, 9.17) is 14.7 Å². The first-order valence-corrected chi connectivity index (χ1v) is 5.05. The molecule has 1 saturated carbocycles. The summed E-state index contributed by atoms with van der Waals surface area (Å²) in [5.74, 6) is -1.23. The van der Waals surface area contributed by atoms with E-state index in [0.29, 0.717) is 12.8 Å². The van der Waals surface area contributed by atoms with Crippen LogP contribution in [0.1, 0.15) is 26.7 Å². The van der Waals surface area contributed by atoms with Crippen LogP contribution in [0.4, 0.5) is 0 Å². The van der Waals surface area contributed by atoms with Gasteiger partial charge in [-0.15, -0.1) is 0 Å². The standard InChI is InChI=1S/C10H16O5/c1-9-7(11)4-6(5-8(9)14-9)10(2,13-3)15-12/h6,8,12H,4-5H2,1-3H3. The SMILES string of the molecule is COC(C)(OO)C1CC(=O)C2(C)OC2C1. The maximum absolute atomic E-state index is 11.7. The van der Waals surface area contributed by atoms with Crippen LogP contribution in [0.2, 0.25) is 0 Å². The molecule has 1 N–H and O–H groups in total. The number of hydrogen-bond donors (Lipinski definition) is 1. The van der Waals surface area contributed by atoms with Gasteiger partial charge in [0.2, 0.25) is 5.79 Å². The van der Waals surface area contributed by atoms with Gasteiger partial charge in [-0.3, -0.25) is 4.79 Å². The third kappa shape index (κ3) is 1.50. The second-order valence-corrected chi connectivity index (χ2v) is 4.58. The Labute approximate surface area is 88.2 Å². The molecule has 2 fully saturated rings. The summed E-state index contributed by atoms with van der Waals surface area (Å²) in [6, 6.07) is 0. The maximum Gasteiger partial charge on any atom is 0.201 e. The molecule has 1 aliphatic carbocycles. The molecule has 15 heavy (non-hydrogen) atoms. The van der Waals surface area contributed by atoms with Crippen molar-refractivity contribution in [2.75, 3.05) is 7.11 Å². The summed E-state index contributed by atoms with van der Waals surface area (Å²) >= 11 is 0. The molecule has 0 bridgehead atoms. The highest BCUT2D eigenvalue weighted by atomic mass is 17.1. The monoisotopic (exact) mass is 216 g/mol. The van der Waals surface area contributed by atoms with Gasteiger partial charge in [-0.2, -0.15) is 0 Å². The minimum atomic E-state index is -1.12. The van der Waals surface area contributed by atoms with Gasteiger partial charge in [-0.05, 0) is 20.3 Å². The van der Waals surface area contributed by atoms with E-state index in [1.54, 1.807) is 13.8 Å². The van der Waals surface area contributed by atoms with Crippen molar-refractivity contribution < 1.29 is 24.4 Å². The van der Waals surface area contributed by atoms with Gasteiger partial charge in [0.1, 0.15) is 5.60 Å². The number of ether oxygens (including phenoxy) is 2. The summed E-state index contributed by atoms with van der Waals surface area (Å²) in [6.45, 7) is 3.43. The van der Waals surface area contributed by atoms with Crippen molar-refractivity contribution in [3.63, 3.8) is 0 Å². The molecule has 0 aromatic carbocycles. The lowest BCUT2D eigenvalue weighted by molar-refractivity contribution is -0.409. The van der Waals surface area contributed by atoms with Crippen LogP contribution in [-0.2, 0) is 19.2 Å². The minimum Gasteiger partial charge on any atom is -0.358 e. The fraction of sp³-hybridized carbons (Fsp3) is 0.900. The van der Waals surface area contributed by atoms with E-state index in [1.165, 1.54) is 7.11 Å². The first-order valence-electron chi connectivity index (χ1n) is 5.05. The highest BCUT2D eigenvalue weighted by molar-refractivity contribution is 5.91. The number of ketones is 1. The predicted octanol–water partition coefficient (Wildman–Crippen LogP) is 0.975. The van der Waals surface area contributed by atoms with Crippen LogP contribution in [0.15, 0.2) is 0 Å². The predicted molar refractivity (Wildman–Crippen MR) is 50.1 cm³/mol. The summed E-state index contributed by atoms with van der Waals surface area (Å²) in [4.78, 5) is 16.1. The summed E-state index contributed by atoms with van der Waals surface area (Å²) in [7, 11) is 1.45. The number of rotatable bonds is 3. The van der Waals surface area contributed by atoms with Crippen LogP contribution < -0.4 is 0 Å². The van der Waals surface area contributed by atoms with Crippen molar-refractivity contribution >= 4 is 5.78 Å². The molecule has 5 nitrogen and oxygen atoms in total. The highest BCUT2D eigenvalue weighted by Crippen LogP contribution is 2.49. The average Bonchev–Trinajstić information content (AvgIpc) is 2.90. The smallest absolute Gasteiger partial charge is 0.201 e. The number of fused-ring (bicyclic) bond motifs is 1. The van der Waals surface area contributed by atoms with E-state index in [0.717, 1.165) is 0 Å². The normalized spacial score (nSPS) is 43.3. The Morgan fingerprint density at radius 2 is 2.33 bits per heavy atom. The van der Waals surface area contributed by atoms with Gasteiger partial charge in [0, 0.05) is 19.4 Å². The van der Waals surface area contributed by atoms with Crippen LogP contribution in [0, 0.1) is 5.92 Å². The Balaban J connectivity index is 2.11. The summed E-state index contributed by atoms with van der Waals surface area (Å²) in [6.07, 6.45) is 0.943. The van der Waals surface area contributed by atoms with E-state index in [1.807, 2.05) is 0 Å². The zero-order valence-corrected chi connectivity index (χ0v) is 9.15. The lowest BCUT2D eigenvalue weighted by atomic mass is 9.78. The Hall–Kier alpha value is -0.490.